The predicted molar refractivity (Wildman–Crippen MR) is 85.0 cm³/mol. The molecule has 1 aliphatic rings. The van der Waals surface area contributed by atoms with Crippen molar-refractivity contribution in [2.75, 3.05) is 10.0 Å². The van der Waals surface area contributed by atoms with Gasteiger partial charge in [0.15, 0.2) is 0 Å². The Labute approximate surface area is 133 Å². The van der Waals surface area contributed by atoms with Gasteiger partial charge in [-0.3, -0.25) is 9.52 Å². The summed E-state index contributed by atoms with van der Waals surface area (Å²) >= 11 is 0. The molecule has 0 spiro atoms. The van der Waals surface area contributed by atoms with Gasteiger partial charge in [-0.25, -0.2) is 12.8 Å². The monoisotopic (exact) mass is 334 g/mol. The number of halogens is 1. The number of hydrogen-bond donors (Lipinski definition) is 2. The number of amides is 1. The second-order valence-corrected chi connectivity index (χ2v) is 7.09. The van der Waals surface area contributed by atoms with Gasteiger partial charge in [0.05, 0.1) is 4.90 Å². The van der Waals surface area contributed by atoms with Crippen LogP contribution in [-0.4, -0.2) is 14.3 Å². The van der Waals surface area contributed by atoms with E-state index in [9.17, 15) is 17.6 Å². The SMILES string of the molecule is O=C(Nc1ccc(NS(=O)(=O)c2cccc(F)c2)cc1)C1CC1. The molecule has 1 saturated carbocycles. The fourth-order valence-electron chi connectivity index (χ4n) is 2.06. The standard InChI is InChI=1S/C16H15FN2O3S/c17-12-2-1-3-15(10-12)23(21,22)19-14-8-6-13(7-9-14)18-16(20)11-4-5-11/h1-3,6-11,19H,4-5H2,(H,18,20). The van der Waals surface area contributed by atoms with Crippen LogP contribution in [0.5, 0.6) is 0 Å². The Kier molecular flexibility index (Phi) is 4.04. The van der Waals surface area contributed by atoms with E-state index in [0.29, 0.717) is 11.4 Å². The lowest BCUT2D eigenvalue weighted by Gasteiger charge is -2.09. The van der Waals surface area contributed by atoms with Crippen LogP contribution in [0.2, 0.25) is 0 Å². The second kappa shape index (κ2) is 6.00. The minimum atomic E-state index is -3.85. The van der Waals surface area contributed by atoms with Crippen LogP contribution in [0.15, 0.2) is 53.4 Å². The predicted octanol–water partition coefficient (Wildman–Crippen LogP) is 2.98. The molecule has 2 aromatic carbocycles. The summed E-state index contributed by atoms with van der Waals surface area (Å²) in [6, 6.07) is 11.1. The van der Waals surface area contributed by atoms with E-state index in [4.69, 9.17) is 0 Å². The topological polar surface area (TPSA) is 75.3 Å². The Morgan fingerprint density at radius 2 is 1.70 bits per heavy atom. The van der Waals surface area contributed by atoms with Gasteiger partial charge >= 0.3 is 0 Å². The quantitative estimate of drug-likeness (QED) is 0.883. The van der Waals surface area contributed by atoms with E-state index in [1.165, 1.54) is 18.2 Å². The molecule has 2 N–H and O–H groups in total. The van der Waals surface area contributed by atoms with E-state index >= 15 is 0 Å². The first-order valence-corrected chi connectivity index (χ1v) is 8.62. The third kappa shape index (κ3) is 3.87. The maximum Gasteiger partial charge on any atom is 0.261 e. The molecule has 0 radical (unpaired) electrons. The molecule has 1 amide bonds. The summed E-state index contributed by atoms with van der Waals surface area (Å²) in [6.45, 7) is 0. The Balaban J connectivity index is 1.71. The molecule has 1 fully saturated rings. The molecular weight excluding hydrogens is 319 g/mol. The van der Waals surface area contributed by atoms with Gasteiger partial charge in [-0.1, -0.05) is 6.07 Å². The Morgan fingerprint density at radius 1 is 1.04 bits per heavy atom. The van der Waals surface area contributed by atoms with E-state index in [-0.39, 0.29) is 16.7 Å². The Morgan fingerprint density at radius 3 is 2.30 bits per heavy atom. The number of benzene rings is 2. The van der Waals surface area contributed by atoms with Gasteiger partial charge in [-0.2, -0.15) is 0 Å². The maximum absolute atomic E-state index is 13.1. The molecule has 7 heteroatoms. The average Bonchev–Trinajstić information content (AvgIpc) is 3.34. The summed E-state index contributed by atoms with van der Waals surface area (Å²) in [6.07, 6.45) is 1.83. The van der Waals surface area contributed by atoms with Crippen LogP contribution in [-0.2, 0) is 14.8 Å². The molecule has 0 aliphatic heterocycles. The number of anilines is 2. The molecule has 23 heavy (non-hydrogen) atoms. The van der Waals surface area contributed by atoms with E-state index in [1.807, 2.05) is 0 Å². The van der Waals surface area contributed by atoms with Crippen LogP contribution < -0.4 is 10.0 Å². The first-order chi connectivity index (χ1) is 10.9. The van der Waals surface area contributed by atoms with Crippen LogP contribution in [0.3, 0.4) is 0 Å². The van der Waals surface area contributed by atoms with Crippen molar-refractivity contribution in [2.45, 2.75) is 17.7 Å². The Bertz CT molecular complexity index is 831. The number of hydrogen-bond acceptors (Lipinski definition) is 3. The summed E-state index contributed by atoms with van der Waals surface area (Å²) in [4.78, 5) is 11.5. The maximum atomic E-state index is 13.1. The van der Waals surface area contributed by atoms with Gasteiger partial charge in [0.25, 0.3) is 10.0 Å². The summed E-state index contributed by atoms with van der Waals surface area (Å²) in [5.41, 5.74) is 0.939. The highest BCUT2D eigenvalue weighted by Crippen LogP contribution is 2.30. The van der Waals surface area contributed by atoms with E-state index in [1.54, 1.807) is 24.3 Å². The number of carbonyl (C=O) groups is 1. The molecule has 0 aromatic heterocycles. The highest BCUT2D eigenvalue weighted by molar-refractivity contribution is 7.92. The zero-order valence-electron chi connectivity index (χ0n) is 12.1. The summed E-state index contributed by atoms with van der Waals surface area (Å²) in [5.74, 6) is -0.537. The number of rotatable bonds is 5. The lowest BCUT2D eigenvalue weighted by atomic mass is 10.2. The third-order valence-corrected chi connectivity index (χ3v) is 4.84. The van der Waals surface area contributed by atoms with E-state index in [2.05, 4.69) is 10.0 Å². The smallest absolute Gasteiger partial charge is 0.261 e. The van der Waals surface area contributed by atoms with Gasteiger partial charge in [0.2, 0.25) is 5.91 Å². The normalized spacial score (nSPS) is 14.3. The third-order valence-electron chi connectivity index (χ3n) is 3.46. The van der Waals surface area contributed by atoms with Crippen molar-refractivity contribution < 1.29 is 17.6 Å². The van der Waals surface area contributed by atoms with Crippen molar-refractivity contribution in [2.24, 2.45) is 5.92 Å². The van der Waals surface area contributed by atoms with Gasteiger partial charge < -0.3 is 5.32 Å². The number of sulfonamides is 1. The van der Waals surface area contributed by atoms with Crippen molar-refractivity contribution in [1.82, 2.24) is 0 Å². The summed E-state index contributed by atoms with van der Waals surface area (Å²) in [7, 11) is -3.85. The van der Waals surface area contributed by atoms with Crippen molar-refractivity contribution in [3.8, 4) is 0 Å². The van der Waals surface area contributed by atoms with Gasteiger partial charge in [-0.05, 0) is 55.3 Å². The molecule has 3 rings (SSSR count). The molecule has 0 bridgehead atoms. The zero-order chi connectivity index (χ0) is 16.4. The summed E-state index contributed by atoms with van der Waals surface area (Å²) in [5, 5.41) is 2.77. The highest BCUT2D eigenvalue weighted by atomic mass is 32.2. The van der Waals surface area contributed by atoms with Crippen LogP contribution >= 0.6 is 0 Å². The number of carbonyl (C=O) groups excluding carboxylic acids is 1. The molecule has 5 nitrogen and oxygen atoms in total. The number of nitrogens with one attached hydrogen (secondary N) is 2. The lowest BCUT2D eigenvalue weighted by molar-refractivity contribution is -0.117. The largest absolute Gasteiger partial charge is 0.326 e. The van der Waals surface area contributed by atoms with Gasteiger partial charge in [0, 0.05) is 17.3 Å². The average molecular weight is 334 g/mol. The fourth-order valence-corrected chi connectivity index (χ4v) is 3.15. The van der Waals surface area contributed by atoms with Crippen molar-refractivity contribution in [1.29, 1.82) is 0 Å². The van der Waals surface area contributed by atoms with Crippen molar-refractivity contribution in [3.63, 3.8) is 0 Å². The van der Waals surface area contributed by atoms with Crippen LogP contribution in [0.25, 0.3) is 0 Å². The molecule has 120 valence electrons. The molecule has 0 heterocycles. The van der Waals surface area contributed by atoms with Crippen molar-refractivity contribution >= 4 is 27.3 Å². The molecule has 1 aliphatic carbocycles. The minimum Gasteiger partial charge on any atom is -0.326 e. The van der Waals surface area contributed by atoms with Crippen LogP contribution in [0.4, 0.5) is 15.8 Å². The first kappa shape index (κ1) is 15.5. The molecular formula is C16H15FN2O3S. The highest BCUT2D eigenvalue weighted by Gasteiger charge is 2.29. The minimum absolute atomic E-state index is 0.0157. The molecule has 0 atom stereocenters. The van der Waals surface area contributed by atoms with E-state index < -0.39 is 15.8 Å². The fraction of sp³-hybridized carbons (Fsp3) is 0.188. The van der Waals surface area contributed by atoms with Crippen LogP contribution in [0, 0.1) is 11.7 Å². The van der Waals surface area contributed by atoms with Gasteiger partial charge in [-0.15, -0.1) is 0 Å². The molecule has 0 saturated heterocycles. The van der Waals surface area contributed by atoms with E-state index in [0.717, 1.165) is 18.9 Å². The Hall–Kier alpha value is -2.41. The zero-order valence-corrected chi connectivity index (χ0v) is 12.9. The first-order valence-electron chi connectivity index (χ1n) is 7.13. The second-order valence-electron chi connectivity index (χ2n) is 5.40. The van der Waals surface area contributed by atoms with Crippen molar-refractivity contribution in [3.05, 3.63) is 54.3 Å². The molecule has 0 unspecified atom stereocenters. The lowest BCUT2D eigenvalue weighted by Crippen LogP contribution is -2.14. The van der Waals surface area contributed by atoms with Gasteiger partial charge in [0.1, 0.15) is 5.82 Å². The van der Waals surface area contributed by atoms with Crippen LogP contribution in [0.1, 0.15) is 12.8 Å². The summed E-state index contributed by atoms with van der Waals surface area (Å²) < 4.78 is 39.9. The molecule has 2 aromatic rings.